The van der Waals surface area contributed by atoms with Gasteiger partial charge in [0.1, 0.15) is 0 Å². The minimum absolute atomic E-state index is 0.0530. The van der Waals surface area contributed by atoms with Gasteiger partial charge in [0.25, 0.3) is 0 Å². The maximum absolute atomic E-state index is 12.6. The zero-order valence-electron chi connectivity index (χ0n) is 11.5. The van der Waals surface area contributed by atoms with E-state index in [-0.39, 0.29) is 18.1 Å². The van der Waals surface area contributed by atoms with E-state index < -0.39 is 11.7 Å². The van der Waals surface area contributed by atoms with Crippen LogP contribution in [-0.2, 0) is 12.7 Å². The Balaban J connectivity index is 1.54. The first-order chi connectivity index (χ1) is 9.86. The quantitative estimate of drug-likeness (QED) is 0.881. The Kier molecular flexibility index (Phi) is 3.34. The molecular formula is C15H17F3N2O. The van der Waals surface area contributed by atoms with Gasteiger partial charge in [-0.1, -0.05) is 12.1 Å². The second-order valence-electron chi connectivity index (χ2n) is 6.10. The molecule has 3 aliphatic carbocycles. The first kappa shape index (κ1) is 14.2. The van der Waals surface area contributed by atoms with E-state index in [1.165, 1.54) is 6.07 Å². The van der Waals surface area contributed by atoms with Gasteiger partial charge < -0.3 is 10.6 Å². The molecule has 4 rings (SSSR count). The molecule has 0 aliphatic heterocycles. The largest absolute Gasteiger partial charge is 0.416 e. The summed E-state index contributed by atoms with van der Waals surface area (Å²) in [4.78, 5) is 11.8. The van der Waals surface area contributed by atoms with Crippen LogP contribution in [-0.4, -0.2) is 11.6 Å². The molecule has 0 radical (unpaired) electrons. The summed E-state index contributed by atoms with van der Waals surface area (Å²) in [5, 5.41) is 5.60. The van der Waals surface area contributed by atoms with Gasteiger partial charge in [0.05, 0.1) is 5.56 Å². The zero-order valence-corrected chi connectivity index (χ0v) is 11.5. The minimum atomic E-state index is -4.36. The highest BCUT2D eigenvalue weighted by atomic mass is 19.4. The number of amides is 2. The van der Waals surface area contributed by atoms with Gasteiger partial charge in [-0.3, -0.25) is 0 Å². The van der Waals surface area contributed by atoms with E-state index in [1.54, 1.807) is 6.07 Å². The first-order valence-corrected chi connectivity index (χ1v) is 7.08. The van der Waals surface area contributed by atoms with Gasteiger partial charge in [0, 0.05) is 12.1 Å². The van der Waals surface area contributed by atoms with E-state index in [1.807, 2.05) is 0 Å². The van der Waals surface area contributed by atoms with E-state index in [9.17, 15) is 18.0 Å². The molecule has 0 unspecified atom stereocenters. The van der Waals surface area contributed by atoms with Crippen molar-refractivity contribution in [2.75, 3.05) is 0 Å². The van der Waals surface area contributed by atoms with Crippen molar-refractivity contribution in [1.82, 2.24) is 10.6 Å². The van der Waals surface area contributed by atoms with Crippen molar-refractivity contribution in [2.45, 2.75) is 43.9 Å². The molecule has 2 bridgehead atoms. The van der Waals surface area contributed by atoms with Gasteiger partial charge in [-0.25, -0.2) is 4.79 Å². The summed E-state index contributed by atoms with van der Waals surface area (Å²) in [6.07, 6.45) is -0.126. The molecule has 0 heterocycles. The third-order valence-electron chi connectivity index (χ3n) is 4.48. The van der Waals surface area contributed by atoms with Gasteiger partial charge in [0.15, 0.2) is 0 Å². The molecule has 1 aromatic rings. The fraction of sp³-hybridized carbons (Fsp3) is 0.533. The summed E-state index contributed by atoms with van der Waals surface area (Å²) in [6, 6.07) is 4.71. The molecule has 3 nitrogen and oxygen atoms in total. The molecule has 3 aliphatic rings. The van der Waals surface area contributed by atoms with Crippen molar-refractivity contribution in [2.24, 2.45) is 5.92 Å². The minimum Gasteiger partial charge on any atom is -0.334 e. The Bertz CT molecular complexity index is 545. The summed E-state index contributed by atoms with van der Waals surface area (Å²) in [5.74, 6) is 0.744. The molecule has 21 heavy (non-hydrogen) atoms. The van der Waals surface area contributed by atoms with Crippen molar-refractivity contribution in [3.8, 4) is 0 Å². The molecular weight excluding hydrogens is 281 g/mol. The third-order valence-corrected chi connectivity index (χ3v) is 4.48. The number of rotatable bonds is 3. The maximum atomic E-state index is 12.6. The predicted molar refractivity (Wildman–Crippen MR) is 71.5 cm³/mol. The number of benzene rings is 1. The Hall–Kier alpha value is -1.72. The number of alkyl halides is 3. The van der Waals surface area contributed by atoms with Crippen LogP contribution in [0.3, 0.4) is 0 Å². The Morgan fingerprint density at radius 3 is 2.71 bits per heavy atom. The number of carbonyl (C=O) groups excluding carboxylic acids is 1. The van der Waals surface area contributed by atoms with Crippen molar-refractivity contribution < 1.29 is 18.0 Å². The van der Waals surface area contributed by atoms with Crippen LogP contribution in [0, 0.1) is 5.92 Å². The monoisotopic (exact) mass is 298 g/mol. The second-order valence-corrected chi connectivity index (χ2v) is 6.10. The van der Waals surface area contributed by atoms with Crippen molar-refractivity contribution >= 4 is 6.03 Å². The topological polar surface area (TPSA) is 41.1 Å². The number of hydrogen-bond acceptors (Lipinski definition) is 1. The lowest BCUT2D eigenvalue weighted by atomic mass is 9.77. The lowest BCUT2D eigenvalue weighted by Crippen LogP contribution is -2.54. The van der Waals surface area contributed by atoms with E-state index >= 15 is 0 Å². The van der Waals surface area contributed by atoms with Gasteiger partial charge >= 0.3 is 12.2 Å². The number of carbonyl (C=O) groups is 1. The van der Waals surface area contributed by atoms with Crippen LogP contribution in [0.4, 0.5) is 18.0 Å². The van der Waals surface area contributed by atoms with Crippen LogP contribution in [0.2, 0.25) is 0 Å². The molecule has 0 atom stereocenters. The average Bonchev–Trinajstić information content (AvgIpc) is 2.95. The van der Waals surface area contributed by atoms with Crippen molar-refractivity contribution in [1.29, 1.82) is 0 Å². The van der Waals surface area contributed by atoms with Crippen LogP contribution >= 0.6 is 0 Å². The number of hydrogen-bond donors (Lipinski definition) is 2. The lowest BCUT2D eigenvalue weighted by molar-refractivity contribution is -0.137. The zero-order chi connectivity index (χ0) is 15.1. The lowest BCUT2D eigenvalue weighted by Gasteiger charge is -2.39. The predicted octanol–water partition coefficient (Wildman–Crippen LogP) is 3.45. The average molecular weight is 298 g/mol. The Morgan fingerprint density at radius 1 is 1.33 bits per heavy atom. The van der Waals surface area contributed by atoms with E-state index in [0.29, 0.717) is 5.56 Å². The van der Waals surface area contributed by atoms with Crippen LogP contribution in [0.25, 0.3) is 0 Å². The van der Waals surface area contributed by atoms with Crippen LogP contribution in [0.1, 0.15) is 36.8 Å². The van der Waals surface area contributed by atoms with Crippen LogP contribution in [0.5, 0.6) is 0 Å². The normalized spacial score (nSPS) is 27.1. The van der Waals surface area contributed by atoms with Gasteiger partial charge in [-0.05, 0) is 49.3 Å². The molecule has 3 saturated carbocycles. The second kappa shape index (κ2) is 4.93. The highest BCUT2D eigenvalue weighted by Gasteiger charge is 2.51. The van der Waals surface area contributed by atoms with Gasteiger partial charge in [-0.15, -0.1) is 0 Å². The molecule has 0 aromatic heterocycles. The van der Waals surface area contributed by atoms with Crippen LogP contribution in [0.15, 0.2) is 24.3 Å². The Labute approximate surface area is 120 Å². The van der Waals surface area contributed by atoms with Crippen molar-refractivity contribution in [3.63, 3.8) is 0 Å². The van der Waals surface area contributed by atoms with E-state index in [0.717, 1.165) is 43.7 Å². The summed E-state index contributed by atoms with van der Waals surface area (Å²) in [7, 11) is 0. The van der Waals surface area contributed by atoms with E-state index in [4.69, 9.17) is 0 Å². The number of fused-ring (bicyclic) bond motifs is 1. The molecule has 0 saturated heterocycles. The molecule has 2 N–H and O–H groups in total. The van der Waals surface area contributed by atoms with Gasteiger partial charge in [-0.2, -0.15) is 13.2 Å². The van der Waals surface area contributed by atoms with Crippen molar-refractivity contribution in [3.05, 3.63) is 35.4 Å². The van der Waals surface area contributed by atoms with E-state index in [2.05, 4.69) is 10.6 Å². The van der Waals surface area contributed by atoms with Crippen LogP contribution < -0.4 is 10.6 Å². The molecule has 6 heteroatoms. The highest BCUT2D eigenvalue weighted by molar-refractivity contribution is 5.75. The molecule has 2 amide bonds. The summed E-state index contributed by atoms with van der Waals surface area (Å²) in [6.45, 7) is 0.0925. The molecule has 114 valence electrons. The maximum Gasteiger partial charge on any atom is 0.416 e. The Morgan fingerprint density at radius 2 is 2.10 bits per heavy atom. The standard InChI is InChI=1S/C15H17F3N2O/c16-15(17,18)12-3-1-2-10(6-12)9-19-13(21)20-14-5-4-11(7-14)8-14/h1-3,6,11H,4-5,7-9H2,(H2,19,20,21). The first-order valence-electron chi connectivity index (χ1n) is 7.08. The highest BCUT2D eigenvalue weighted by Crippen LogP contribution is 2.51. The molecule has 0 spiro atoms. The summed E-state index contributed by atoms with van der Waals surface area (Å²) in [5.41, 5.74) is -0.309. The molecule has 1 aromatic carbocycles. The fourth-order valence-electron chi connectivity index (χ4n) is 3.42. The number of urea groups is 1. The fourth-order valence-corrected chi connectivity index (χ4v) is 3.42. The number of halogens is 3. The third kappa shape index (κ3) is 2.99. The van der Waals surface area contributed by atoms with Gasteiger partial charge in [0.2, 0.25) is 0 Å². The summed E-state index contributed by atoms with van der Waals surface area (Å²) < 4.78 is 37.8. The SMILES string of the molecule is O=C(NCc1cccc(C(F)(F)F)c1)NC12CCC(C1)C2. The number of nitrogens with one attached hydrogen (secondary N) is 2. The smallest absolute Gasteiger partial charge is 0.334 e. The summed E-state index contributed by atoms with van der Waals surface area (Å²) >= 11 is 0. The molecule has 3 fully saturated rings.